The lowest BCUT2D eigenvalue weighted by atomic mass is 9.85. The lowest BCUT2D eigenvalue weighted by Crippen LogP contribution is -2.66. The van der Waals surface area contributed by atoms with E-state index in [9.17, 15) is 53.4 Å². The molecule has 1 aromatic rings. The molecule has 2 fully saturated rings. The second kappa shape index (κ2) is 31.5. The smallest absolute Gasteiger partial charge is 0.317 e. The van der Waals surface area contributed by atoms with Crippen molar-refractivity contribution in [3.63, 3.8) is 0 Å². The third-order valence-corrected chi connectivity index (χ3v) is 14.6. The Kier molecular flexibility index (Phi) is 26.9. The maximum atomic E-state index is 14.6. The van der Waals surface area contributed by atoms with E-state index in [-0.39, 0.29) is 115 Å². The van der Waals surface area contributed by atoms with Gasteiger partial charge in [-0.3, -0.25) is 62.9 Å². The zero-order valence-corrected chi connectivity index (χ0v) is 43.4. The number of primary amides is 2. The van der Waals surface area contributed by atoms with Gasteiger partial charge in [0.2, 0.25) is 35.4 Å². The Labute approximate surface area is 425 Å². The topological polar surface area (TPSA) is 311 Å². The molecule has 0 aromatic carbocycles. The molecule has 0 bridgehead atoms. The highest BCUT2D eigenvalue weighted by Crippen LogP contribution is 2.25. The fourth-order valence-corrected chi connectivity index (χ4v) is 9.96. The van der Waals surface area contributed by atoms with Crippen LogP contribution < -0.4 is 27.4 Å². The summed E-state index contributed by atoms with van der Waals surface area (Å²) >= 11 is 3.06. The van der Waals surface area contributed by atoms with Crippen molar-refractivity contribution in [1.29, 1.82) is 0 Å². The van der Waals surface area contributed by atoms with E-state index < -0.39 is 53.2 Å². The van der Waals surface area contributed by atoms with Gasteiger partial charge in [0, 0.05) is 101 Å². The van der Waals surface area contributed by atoms with Crippen molar-refractivity contribution in [2.24, 2.45) is 23.3 Å². The minimum Gasteiger partial charge on any atom is -0.480 e. The van der Waals surface area contributed by atoms with Gasteiger partial charge in [0.1, 0.15) is 23.9 Å². The van der Waals surface area contributed by atoms with Crippen LogP contribution >= 0.6 is 23.5 Å². The number of pyridine rings is 1. The normalized spacial score (nSPS) is 18.0. The van der Waals surface area contributed by atoms with Gasteiger partial charge in [-0.2, -0.15) is 23.5 Å². The standard InChI is InChI=1S/C47H77N11O11S2/c1-5-34(4)43(44(49)67)52-45(68)37(27-33(2)3)51-46(69)47(53-39(61)10-26-71-32-36-8-6-7-35(50-36)31-70-25-9-38(48)60)11-13-58(14-12-47)40(62)28-55-17-15-54(23-24-59)16-18-56(29-41(63)64)21-22-57(20-19-55)30-42(65)66/h6-8,24,33-34,37,43H,5,9-23,25-32H2,1-4H3,(H2,48,60)(H2,49,67)(H,51,69)(H,52,68)(H,53,61)(H,63,64)(H,65,66)/t34-,37-,43-/m0/s1. The number of nitrogens with one attached hydrogen (secondary N) is 3. The predicted molar refractivity (Wildman–Crippen MR) is 271 cm³/mol. The minimum atomic E-state index is -1.51. The van der Waals surface area contributed by atoms with E-state index >= 15 is 0 Å². The summed E-state index contributed by atoms with van der Waals surface area (Å²) in [5.74, 6) is -3.14. The summed E-state index contributed by atoms with van der Waals surface area (Å²) in [6.07, 6.45) is 1.95. The molecule has 6 amide bonds. The quantitative estimate of drug-likeness (QED) is 0.0408. The minimum absolute atomic E-state index is 0.0246. The number of nitrogens with zero attached hydrogens (tertiary/aromatic N) is 6. The Bertz CT molecular complexity index is 1940. The lowest BCUT2D eigenvalue weighted by molar-refractivity contribution is -0.142. The zero-order valence-electron chi connectivity index (χ0n) is 41.8. The van der Waals surface area contributed by atoms with E-state index in [0.717, 1.165) is 17.7 Å². The van der Waals surface area contributed by atoms with Crippen LogP contribution in [0.3, 0.4) is 0 Å². The number of carbonyl (C=O) groups is 9. The van der Waals surface area contributed by atoms with Gasteiger partial charge in [-0.1, -0.05) is 40.2 Å². The number of piperidine rings is 1. The van der Waals surface area contributed by atoms with Crippen molar-refractivity contribution in [2.75, 3.05) is 103 Å². The number of carboxylic acids is 2. The molecule has 3 rings (SSSR count). The Balaban J connectivity index is 1.80. The fraction of sp³-hybridized carbons (Fsp3) is 0.702. The molecule has 24 heteroatoms. The molecule has 2 aliphatic heterocycles. The molecule has 3 heterocycles. The average Bonchev–Trinajstić information content (AvgIpc) is 3.30. The van der Waals surface area contributed by atoms with E-state index in [2.05, 4.69) is 16.0 Å². The summed E-state index contributed by atoms with van der Waals surface area (Å²) in [5.41, 5.74) is 11.1. The van der Waals surface area contributed by atoms with Crippen molar-refractivity contribution < 1.29 is 53.4 Å². The summed E-state index contributed by atoms with van der Waals surface area (Å²) in [4.78, 5) is 128. The number of rotatable bonds is 28. The SMILES string of the molecule is CC[C@H](C)[C@H](NC(=O)[C@H](CC(C)C)NC(=O)C1(NC(=O)CCSCc2cccc(CSCCC(N)=O)n2)CCN(C(=O)CN2CCN(CC=O)CCN(CC(=O)O)CCN(CC(=O)O)CC2)CC1)C(N)=O. The van der Waals surface area contributed by atoms with Crippen LogP contribution in [0, 0.1) is 11.8 Å². The van der Waals surface area contributed by atoms with Gasteiger partial charge in [0.05, 0.1) is 37.6 Å². The second-order valence-corrected chi connectivity index (χ2v) is 20.9. The molecule has 1 aromatic heterocycles. The molecule has 0 aliphatic carbocycles. The highest BCUT2D eigenvalue weighted by molar-refractivity contribution is 7.98. The van der Waals surface area contributed by atoms with Gasteiger partial charge in [0.25, 0.3) is 0 Å². The van der Waals surface area contributed by atoms with Crippen LogP contribution in [0.15, 0.2) is 18.2 Å². The molecule has 0 spiro atoms. The van der Waals surface area contributed by atoms with Gasteiger partial charge in [-0.25, -0.2) is 0 Å². The van der Waals surface area contributed by atoms with Gasteiger partial charge in [-0.05, 0) is 43.2 Å². The number of carboxylic acid groups (broad SMARTS) is 2. The summed E-state index contributed by atoms with van der Waals surface area (Å²) in [6, 6.07) is 3.66. The summed E-state index contributed by atoms with van der Waals surface area (Å²) < 4.78 is 0. The number of nitrogens with two attached hydrogens (primary N) is 2. The average molecular weight is 1040 g/mol. The first kappa shape index (κ1) is 60.4. The van der Waals surface area contributed by atoms with Crippen molar-refractivity contribution in [3.05, 3.63) is 29.6 Å². The van der Waals surface area contributed by atoms with E-state index in [1.54, 1.807) is 33.4 Å². The molecule has 71 heavy (non-hydrogen) atoms. The van der Waals surface area contributed by atoms with Crippen LogP contribution in [0.2, 0.25) is 0 Å². The number of aldehydes is 1. The summed E-state index contributed by atoms with van der Waals surface area (Å²) in [5, 5.41) is 27.8. The van der Waals surface area contributed by atoms with Crippen molar-refractivity contribution in [2.45, 2.75) is 95.3 Å². The Morgan fingerprint density at radius 1 is 0.746 bits per heavy atom. The molecular formula is C47H77N11O11S2. The van der Waals surface area contributed by atoms with E-state index in [4.69, 9.17) is 16.5 Å². The monoisotopic (exact) mass is 1040 g/mol. The predicted octanol–water partition coefficient (Wildman–Crippen LogP) is -0.572. The fourth-order valence-electron chi connectivity index (χ4n) is 8.25. The maximum Gasteiger partial charge on any atom is 0.317 e. The van der Waals surface area contributed by atoms with Crippen LogP contribution in [0.5, 0.6) is 0 Å². The third kappa shape index (κ3) is 22.6. The molecule has 2 aliphatic rings. The molecule has 9 N–H and O–H groups in total. The van der Waals surface area contributed by atoms with E-state index in [1.165, 1.54) is 11.8 Å². The maximum absolute atomic E-state index is 14.6. The number of aromatic nitrogens is 1. The second-order valence-electron chi connectivity index (χ2n) is 18.7. The van der Waals surface area contributed by atoms with Gasteiger partial charge < -0.3 is 47.3 Å². The molecular weight excluding hydrogens is 959 g/mol. The van der Waals surface area contributed by atoms with Crippen molar-refractivity contribution in [1.82, 2.24) is 45.4 Å². The van der Waals surface area contributed by atoms with Crippen LogP contribution in [-0.4, -0.2) is 214 Å². The van der Waals surface area contributed by atoms with E-state index in [0.29, 0.717) is 62.2 Å². The molecule has 2 saturated heterocycles. The van der Waals surface area contributed by atoms with Crippen molar-refractivity contribution in [3.8, 4) is 0 Å². The number of aliphatic carboxylic acids is 2. The van der Waals surface area contributed by atoms with Gasteiger partial charge in [-0.15, -0.1) is 0 Å². The zero-order chi connectivity index (χ0) is 52.5. The third-order valence-electron chi connectivity index (χ3n) is 12.6. The Morgan fingerprint density at radius 2 is 1.25 bits per heavy atom. The lowest BCUT2D eigenvalue weighted by Gasteiger charge is -2.42. The highest BCUT2D eigenvalue weighted by Gasteiger charge is 2.45. The van der Waals surface area contributed by atoms with Crippen LogP contribution in [-0.2, 0) is 54.7 Å². The number of hydrogen-bond donors (Lipinski definition) is 7. The number of likely N-dealkylation sites (tertiary alicyclic amines) is 1. The van der Waals surface area contributed by atoms with Crippen LogP contribution in [0.4, 0.5) is 0 Å². The number of hydrogen-bond acceptors (Lipinski definition) is 16. The number of thioether (sulfide) groups is 2. The largest absolute Gasteiger partial charge is 0.480 e. The van der Waals surface area contributed by atoms with Crippen LogP contribution in [0.1, 0.15) is 77.6 Å². The number of amides is 6. The molecule has 0 radical (unpaired) electrons. The molecule has 22 nitrogen and oxygen atoms in total. The highest BCUT2D eigenvalue weighted by atomic mass is 32.2. The first-order valence-electron chi connectivity index (χ1n) is 24.4. The Hall–Kier alpha value is -4.88. The van der Waals surface area contributed by atoms with Crippen LogP contribution in [0.25, 0.3) is 0 Å². The number of carbonyl (C=O) groups excluding carboxylic acids is 7. The molecule has 3 atom stereocenters. The Morgan fingerprint density at radius 3 is 1.72 bits per heavy atom. The molecule has 398 valence electrons. The molecule has 0 unspecified atom stereocenters. The summed E-state index contributed by atoms with van der Waals surface area (Å²) in [6.45, 7) is 9.70. The molecule has 0 saturated carbocycles. The van der Waals surface area contributed by atoms with Gasteiger partial charge >= 0.3 is 11.9 Å². The van der Waals surface area contributed by atoms with Gasteiger partial charge in [0.15, 0.2) is 0 Å². The first-order valence-corrected chi connectivity index (χ1v) is 26.7. The first-order chi connectivity index (χ1) is 33.7. The van der Waals surface area contributed by atoms with E-state index in [1.807, 2.05) is 48.8 Å². The van der Waals surface area contributed by atoms with Crippen molar-refractivity contribution >= 4 is 77.2 Å². The summed E-state index contributed by atoms with van der Waals surface area (Å²) in [7, 11) is 0.